The highest BCUT2D eigenvalue weighted by Gasteiger charge is 2.34. The Morgan fingerprint density at radius 3 is 2.50 bits per heavy atom. The van der Waals surface area contributed by atoms with Crippen LogP contribution in [0.3, 0.4) is 0 Å². The Kier molecular flexibility index (Phi) is 4.90. The van der Waals surface area contributed by atoms with Gasteiger partial charge in [-0.05, 0) is 18.6 Å². The molecule has 0 bridgehead atoms. The molecular weight excluding hydrogens is 403 g/mol. The Balaban J connectivity index is 1.72. The molecular formula is C18H14F3N7O2. The Morgan fingerprint density at radius 1 is 1.17 bits per heavy atom. The van der Waals surface area contributed by atoms with E-state index in [1.165, 1.54) is 37.3 Å². The van der Waals surface area contributed by atoms with Crippen molar-refractivity contribution in [2.45, 2.75) is 12.6 Å². The summed E-state index contributed by atoms with van der Waals surface area (Å²) in [6.07, 6.45) is 2.55. The molecule has 0 spiro atoms. The van der Waals surface area contributed by atoms with E-state index in [9.17, 15) is 23.1 Å². The quantitative estimate of drug-likeness (QED) is 0.631. The molecule has 3 aromatic heterocycles. The van der Waals surface area contributed by atoms with Gasteiger partial charge in [0.2, 0.25) is 0 Å². The lowest BCUT2D eigenvalue weighted by Gasteiger charge is -2.32. The normalized spacial score (nSPS) is 14.5. The molecule has 1 N–H and O–H groups in total. The fraction of sp³-hybridized carbons (Fsp3) is 0.222. The summed E-state index contributed by atoms with van der Waals surface area (Å²) >= 11 is 0. The minimum atomic E-state index is -4.62. The van der Waals surface area contributed by atoms with Crippen LogP contribution >= 0.6 is 0 Å². The average molecular weight is 417 g/mol. The van der Waals surface area contributed by atoms with Crippen LogP contribution in [-0.2, 0) is 11.0 Å². The molecule has 1 fully saturated rings. The van der Waals surface area contributed by atoms with Gasteiger partial charge in [-0.1, -0.05) is 0 Å². The molecule has 3 aromatic rings. The summed E-state index contributed by atoms with van der Waals surface area (Å²) in [4.78, 5) is 28.6. The SMILES string of the molecule is O=C(O)/C(=C/n1cnc(-c2cc(N3CCC3)nc(C(F)(F)F)c2)n1)c1cncnc1. The second-order valence-electron chi connectivity index (χ2n) is 6.46. The van der Waals surface area contributed by atoms with Crippen LogP contribution in [0.2, 0.25) is 0 Å². The van der Waals surface area contributed by atoms with Crippen LogP contribution in [-0.4, -0.2) is 53.9 Å². The highest BCUT2D eigenvalue weighted by atomic mass is 19.4. The number of rotatable bonds is 5. The van der Waals surface area contributed by atoms with E-state index < -0.39 is 17.8 Å². The van der Waals surface area contributed by atoms with Gasteiger partial charge in [-0.15, -0.1) is 5.10 Å². The van der Waals surface area contributed by atoms with Crippen LogP contribution in [0.1, 0.15) is 17.7 Å². The Bertz CT molecular complexity index is 1110. The molecule has 0 aliphatic carbocycles. The molecule has 154 valence electrons. The van der Waals surface area contributed by atoms with Gasteiger partial charge in [-0.2, -0.15) is 13.2 Å². The van der Waals surface area contributed by atoms with Crippen LogP contribution in [0.5, 0.6) is 0 Å². The molecule has 1 saturated heterocycles. The number of aromatic nitrogens is 6. The summed E-state index contributed by atoms with van der Waals surface area (Å²) in [7, 11) is 0. The molecule has 4 rings (SSSR count). The third kappa shape index (κ3) is 3.97. The zero-order chi connectivity index (χ0) is 21.3. The van der Waals surface area contributed by atoms with Crippen LogP contribution < -0.4 is 4.90 Å². The molecule has 1 aliphatic rings. The van der Waals surface area contributed by atoms with E-state index in [0.29, 0.717) is 13.1 Å². The van der Waals surface area contributed by atoms with Crippen molar-refractivity contribution in [3.05, 3.63) is 48.4 Å². The first kappa shape index (κ1) is 19.5. The maximum Gasteiger partial charge on any atom is 0.433 e. The van der Waals surface area contributed by atoms with Crippen molar-refractivity contribution in [1.82, 2.24) is 29.7 Å². The summed E-state index contributed by atoms with van der Waals surface area (Å²) in [6, 6.07) is 2.36. The van der Waals surface area contributed by atoms with Gasteiger partial charge in [0.25, 0.3) is 0 Å². The Morgan fingerprint density at radius 2 is 1.90 bits per heavy atom. The number of hydrogen-bond acceptors (Lipinski definition) is 7. The number of carboxylic acid groups (broad SMARTS) is 1. The van der Waals surface area contributed by atoms with Crippen LogP contribution in [0.25, 0.3) is 23.2 Å². The smallest absolute Gasteiger partial charge is 0.433 e. The van der Waals surface area contributed by atoms with Crippen LogP contribution in [0.4, 0.5) is 19.0 Å². The number of hydrogen-bond donors (Lipinski definition) is 1. The topological polar surface area (TPSA) is 110 Å². The maximum atomic E-state index is 13.3. The number of halogens is 3. The standard InChI is InChI=1S/C18H14F3N7O2/c19-18(20,21)14-4-11(5-15(25-14)27-2-1-3-27)16-24-10-28(26-16)8-13(17(29)30)12-6-22-9-23-7-12/h4-10H,1-3H2,(H,29,30)/b13-8+. The maximum absolute atomic E-state index is 13.3. The van der Waals surface area contributed by atoms with Gasteiger partial charge in [0.15, 0.2) is 5.82 Å². The van der Waals surface area contributed by atoms with E-state index in [-0.39, 0.29) is 28.3 Å². The zero-order valence-electron chi connectivity index (χ0n) is 15.3. The number of carbonyl (C=O) groups is 1. The van der Waals surface area contributed by atoms with Gasteiger partial charge < -0.3 is 10.0 Å². The van der Waals surface area contributed by atoms with Crippen LogP contribution in [0.15, 0.2) is 37.2 Å². The molecule has 9 nitrogen and oxygen atoms in total. The fourth-order valence-electron chi connectivity index (χ4n) is 2.79. The lowest BCUT2D eigenvalue weighted by atomic mass is 10.1. The lowest BCUT2D eigenvalue weighted by molar-refractivity contribution is -0.141. The molecule has 0 aromatic carbocycles. The van der Waals surface area contributed by atoms with Crippen molar-refractivity contribution in [2.75, 3.05) is 18.0 Å². The summed E-state index contributed by atoms with van der Waals surface area (Å²) < 4.78 is 41.0. The first-order valence-electron chi connectivity index (χ1n) is 8.77. The van der Waals surface area contributed by atoms with Crippen molar-refractivity contribution in [1.29, 1.82) is 0 Å². The number of aliphatic carboxylic acids is 1. The molecule has 0 saturated carbocycles. The summed E-state index contributed by atoms with van der Waals surface area (Å²) in [5, 5.41) is 13.6. The van der Waals surface area contributed by atoms with E-state index in [1.807, 2.05) is 0 Å². The molecule has 0 unspecified atom stereocenters. The summed E-state index contributed by atoms with van der Waals surface area (Å²) in [5.74, 6) is -1.04. The Hall–Kier alpha value is -3.83. The second kappa shape index (κ2) is 7.54. The van der Waals surface area contributed by atoms with E-state index in [2.05, 4.69) is 25.0 Å². The number of alkyl halides is 3. The molecule has 0 radical (unpaired) electrons. The van der Waals surface area contributed by atoms with Gasteiger partial charge in [0.05, 0.1) is 5.57 Å². The average Bonchev–Trinajstić information content (AvgIpc) is 3.13. The minimum Gasteiger partial charge on any atom is -0.478 e. The fourth-order valence-corrected chi connectivity index (χ4v) is 2.79. The molecule has 30 heavy (non-hydrogen) atoms. The van der Waals surface area contributed by atoms with E-state index >= 15 is 0 Å². The number of pyridine rings is 1. The number of nitrogens with zero attached hydrogens (tertiary/aromatic N) is 7. The number of anilines is 1. The molecule has 4 heterocycles. The highest BCUT2D eigenvalue weighted by molar-refractivity contribution is 6.18. The molecule has 0 atom stereocenters. The predicted molar refractivity (Wildman–Crippen MR) is 98.9 cm³/mol. The highest BCUT2D eigenvalue weighted by Crippen LogP contribution is 2.33. The van der Waals surface area contributed by atoms with E-state index in [0.717, 1.165) is 17.2 Å². The second-order valence-corrected chi connectivity index (χ2v) is 6.46. The van der Waals surface area contributed by atoms with E-state index in [4.69, 9.17) is 0 Å². The summed E-state index contributed by atoms with van der Waals surface area (Å²) in [5.41, 5.74) is -0.822. The monoisotopic (exact) mass is 417 g/mol. The van der Waals surface area contributed by atoms with Crippen molar-refractivity contribution in [3.8, 4) is 11.4 Å². The molecule has 1 aliphatic heterocycles. The van der Waals surface area contributed by atoms with Crippen molar-refractivity contribution in [2.24, 2.45) is 0 Å². The summed E-state index contributed by atoms with van der Waals surface area (Å²) in [6.45, 7) is 1.25. The lowest BCUT2D eigenvalue weighted by Crippen LogP contribution is -2.38. The first-order chi connectivity index (χ1) is 14.3. The van der Waals surface area contributed by atoms with Gasteiger partial charge >= 0.3 is 12.1 Å². The largest absolute Gasteiger partial charge is 0.478 e. The predicted octanol–water partition coefficient (Wildman–Crippen LogP) is 2.44. The minimum absolute atomic E-state index is 0.00924. The number of carboxylic acids is 1. The van der Waals surface area contributed by atoms with Crippen molar-refractivity contribution in [3.63, 3.8) is 0 Å². The van der Waals surface area contributed by atoms with E-state index in [1.54, 1.807) is 4.90 Å². The molecule has 12 heteroatoms. The van der Waals surface area contributed by atoms with Crippen molar-refractivity contribution < 1.29 is 23.1 Å². The van der Waals surface area contributed by atoms with Gasteiger partial charge in [-0.3, -0.25) is 0 Å². The van der Waals surface area contributed by atoms with Crippen molar-refractivity contribution >= 4 is 23.6 Å². The Labute approximate surface area is 167 Å². The van der Waals surface area contributed by atoms with Gasteiger partial charge in [0, 0.05) is 42.8 Å². The third-order valence-electron chi connectivity index (χ3n) is 4.41. The first-order valence-corrected chi connectivity index (χ1v) is 8.77. The van der Waals surface area contributed by atoms with Gasteiger partial charge in [0.1, 0.15) is 24.2 Å². The van der Waals surface area contributed by atoms with Crippen LogP contribution in [0, 0.1) is 0 Å². The third-order valence-corrected chi connectivity index (χ3v) is 4.41. The van der Waals surface area contributed by atoms with Gasteiger partial charge in [-0.25, -0.2) is 29.4 Å². The molecule has 0 amide bonds. The zero-order valence-corrected chi connectivity index (χ0v) is 15.3.